The van der Waals surface area contributed by atoms with E-state index in [1.165, 1.54) is 0 Å². The lowest BCUT2D eigenvalue weighted by Gasteiger charge is -2.47. The lowest BCUT2D eigenvalue weighted by molar-refractivity contribution is -0.249. The number of pyridine rings is 1. The maximum absolute atomic E-state index is 14.1. The van der Waals surface area contributed by atoms with Gasteiger partial charge in [0.2, 0.25) is 17.7 Å². The van der Waals surface area contributed by atoms with Gasteiger partial charge in [-0.25, -0.2) is 9.78 Å². The summed E-state index contributed by atoms with van der Waals surface area (Å²) < 4.78 is 42.3. The predicted octanol–water partition coefficient (Wildman–Crippen LogP) is 3.71. The van der Waals surface area contributed by atoms with Crippen LogP contribution in [0.4, 0.5) is 29.5 Å². The fraction of sp³-hybridized carbons (Fsp3) is 0.483. The maximum atomic E-state index is 14.1. The maximum Gasteiger partial charge on any atom is 0.407 e. The van der Waals surface area contributed by atoms with Crippen molar-refractivity contribution < 1.29 is 37.5 Å². The van der Waals surface area contributed by atoms with Gasteiger partial charge in [0, 0.05) is 30.5 Å². The van der Waals surface area contributed by atoms with Crippen LogP contribution >= 0.6 is 0 Å². The highest BCUT2D eigenvalue weighted by Gasteiger charge is 2.65. The van der Waals surface area contributed by atoms with E-state index in [1.54, 1.807) is 24.4 Å². The molecule has 1 saturated heterocycles. The Hall–Kier alpha value is -4.16. The van der Waals surface area contributed by atoms with Gasteiger partial charge in [-0.1, -0.05) is 18.6 Å². The van der Waals surface area contributed by atoms with Gasteiger partial charge in [-0.3, -0.25) is 14.4 Å². The molecule has 2 fully saturated rings. The second-order valence-electron chi connectivity index (χ2n) is 11.7. The van der Waals surface area contributed by atoms with Crippen LogP contribution < -0.4 is 10.6 Å². The summed E-state index contributed by atoms with van der Waals surface area (Å²) >= 11 is 0. The average molecular weight is 586 g/mol. The molecule has 1 unspecified atom stereocenters. The largest absolute Gasteiger partial charge is 0.465 e. The highest BCUT2D eigenvalue weighted by molar-refractivity contribution is 6.06. The molecule has 4 aliphatic rings. The highest BCUT2D eigenvalue weighted by atomic mass is 19.4. The molecule has 3 heterocycles. The Bertz CT molecular complexity index is 1480. The van der Waals surface area contributed by atoms with Gasteiger partial charge in [-0.15, -0.1) is 0 Å². The second kappa shape index (κ2) is 9.99. The molecule has 1 spiro atoms. The van der Waals surface area contributed by atoms with E-state index in [0.29, 0.717) is 30.8 Å². The number of hydrogen-bond acceptors (Lipinski definition) is 5. The van der Waals surface area contributed by atoms with Crippen molar-refractivity contribution in [1.29, 1.82) is 0 Å². The topological polar surface area (TPSA) is 132 Å². The van der Waals surface area contributed by atoms with Gasteiger partial charge in [0.05, 0.1) is 11.5 Å². The molecule has 2 aromatic rings. The standard InChI is InChI=1S/C29H30F3N5O5/c30-29(31,32)28(8-3-9-28)25(40)37(20-4-2-11-36(15-20)26(41)42)16-22(38)34-19-7-6-17-13-27(14-18(17)12-19)21-5-1-10-33-23(21)35-24(27)39/h1,5-7,10,12,20H,2-4,8-9,11,13-16H2,(H,34,38)(H,41,42)(H,33,35,39)/t20?,27-/m1/s1. The summed E-state index contributed by atoms with van der Waals surface area (Å²) in [6.45, 7) is -0.599. The molecule has 2 aliphatic carbocycles. The summed E-state index contributed by atoms with van der Waals surface area (Å²) in [5, 5.41) is 15.0. The Labute approximate surface area is 239 Å². The first-order valence-electron chi connectivity index (χ1n) is 14.0. The molecule has 2 aliphatic heterocycles. The Morgan fingerprint density at radius 1 is 1.14 bits per heavy atom. The van der Waals surface area contributed by atoms with Crippen molar-refractivity contribution >= 4 is 35.3 Å². The average Bonchev–Trinajstić information content (AvgIpc) is 3.42. The molecule has 1 saturated carbocycles. The minimum Gasteiger partial charge on any atom is -0.465 e. The van der Waals surface area contributed by atoms with Crippen LogP contribution in [0.25, 0.3) is 0 Å². The van der Waals surface area contributed by atoms with Crippen molar-refractivity contribution in [2.24, 2.45) is 5.41 Å². The van der Waals surface area contributed by atoms with Crippen LogP contribution in [0.2, 0.25) is 0 Å². The molecule has 222 valence electrons. The van der Waals surface area contributed by atoms with Crippen molar-refractivity contribution in [3.63, 3.8) is 0 Å². The number of fused-ring (bicyclic) bond motifs is 3. The first-order valence-corrected chi connectivity index (χ1v) is 14.0. The zero-order chi connectivity index (χ0) is 29.9. The van der Waals surface area contributed by atoms with Crippen LogP contribution in [-0.2, 0) is 32.6 Å². The second-order valence-corrected chi connectivity index (χ2v) is 11.7. The lowest BCUT2D eigenvalue weighted by Crippen LogP contribution is -2.61. The minimum atomic E-state index is -4.78. The van der Waals surface area contributed by atoms with Crippen molar-refractivity contribution in [3.05, 3.63) is 53.2 Å². The number of likely N-dealkylation sites (tertiary alicyclic amines) is 1. The molecule has 42 heavy (non-hydrogen) atoms. The Morgan fingerprint density at radius 2 is 1.90 bits per heavy atom. The van der Waals surface area contributed by atoms with Crippen LogP contribution in [0.15, 0.2) is 36.5 Å². The summed E-state index contributed by atoms with van der Waals surface area (Å²) in [4.78, 5) is 57.6. The van der Waals surface area contributed by atoms with Gasteiger partial charge in [0.25, 0.3) is 0 Å². The molecular formula is C29H30F3N5O5. The number of hydrogen-bond donors (Lipinski definition) is 3. The van der Waals surface area contributed by atoms with Gasteiger partial charge < -0.3 is 25.5 Å². The van der Waals surface area contributed by atoms with Gasteiger partial charge in [0.15, 0.2) is 0 Å². The Balaban J connectivity index is 1.21. The molecule has 1 aromatic carbocycles. The fourth-order valence-corrected chi connectivity index (χ4v) is 6.87. The van der Waals surface area contributed by atoms with Crippen LogP contribution in [0.3, 0.4) is 0 Å². The number of carbonyl (C=O) groups is 4. The SMILES string of the molecule is O=C(CN(C(=O)C1(C(F)(F)F)CCC1)C1CCCN(C(=O)O)C1)Nc1ccc2c(c1)C[C@@]1(C2)C(=O)Nc2ncccc21. The van der Waals surface area contributed by atoms with Crippen molar-refractivity contribution in [2.45, 2.75) is 62.6 Å². The third-order valence-electron chi connectivity index (χ3n) is 9.31. The summed E-state index contributed by atoms with van der Waals surface area (Å²) in [5.41, 5.74) is -0.384. The fourth-order valence-electron chi connectivity index (χ4n) is 6.87. The molecule has 3 N–H and O–H groups in total. The number of rotatable bonds is 5. The Kier molecular flexibility index (Phi) is 6.65. The van der Waals surface area contributed by atoms with Crippen LogP contribution in [-0.4, -0.2) is 75.6 Å². The number of nitrogens with zero attached hydrogens (tertiary/aromatic N) is 3. The van der Waals surface area contributed by atoms with Crippen LogP contribution in [0, 0.1) is 5.41 Å². The van der Waals surface area contributed by atoms with Crippen molar-refractivity contribution in [2.75, 3.05) is 30.3 Å². The third-order valence-corrected chi connectivity index (χ3v) is 9.31. The smallest absolute Gasteiger partial charge is 0.407 e. The first kappa shape index (κ1) is 28.0. The van der Waals surface area contributed by atoms with Gasteiger partial charge in [-0.05, 0) is 67.9 Å². The molecule has 0 bridgehead atoms. The molecular weight excluding hydrogens is 555 g/mol. The van der Waals surface area contributed by atoms with E-state index < -0.39 is 47.5 Å². The number of aromatic nitrogens is 1. The number of anilines is 2. The molecule has 2 atom stereocenters. The summed E-state index contributed by atoms with van der Waals surface area (Å²) in [7, 11) is 0. The molecule has 0 radical (unpaired) electrons. The van der Waals surface area contributed by atoms with Gasteiger partial charge in [0.1, 0.15) is 17.8 Å². The van der Waals surface area contributed by atoms with E-state index in [9.17, 15) is 37.5 Å². The van der Waals surface area contributed by atoms with E-state index in [2.05, 4.69) is 15.6 Å². The molecule has 6 rings (SSSR count). The third kappa shape index (κ3) is 4.45. The summed E-state index contributed by atoms with van der Waals surface area (Å²) in [6.07, 6.45) is -3.38. The van der Waals surface area contributed by atoms with Crippen molar-refractivity contribution in [3.8, 4) is 0 Å². The summed E-state index contributed by atoms with van der Waals surface area (Å²) in [6, 6.07) is 8.00. The van der Waals surface area contributed by atoms with E-state index in [4.69, 9.17) is 0 Å². The van der Waals surface area contributed by atoms with Gasteiger partial charge in [-0.2, -0.15) is 13.2 Å². The Morgan fingerprint density at radius 3 is 2.60 bits per heavy atom. The summed E-state index contributed by atoms with van der Waals surface area (Å²) in [5.74, 6) is -1.48. The van der Waals surface area contributed by atoms with Crippen molar-refractivity contribution in [1.82, 2.24) is 14.8 Å². The quantitative estimate of drug-likeness (QED) is 0.490. The number of nitrogens with one attached hydrogen (secondary N) is 2. The number of halogens is 3. The van der Waals surface area contributed by atoms with Gasteiger partial charge >= 0.3 is 12.3 Å². The predicted molar refractivity (Wildman–Crippen MR) is 144 cm³/mol. The first-order chi connectivity index (χ1) is 19.9. The number of benzene rings is 1. The molecule has 13 heteroatoms. The highest BCUT2D eigenvalue weighted by Crippen LogP contribution is 2.54. The van der Waals surface area contributed by atoms with E-state index in [0.717, 1.165) is 26.5 Å². The number of amides is 4. The zero-order valence-corrected chi connectivity index (χ0v) is 22.7. The molecule has 1 aromatic heterocycles. The molecule has 4 amide bonds. The van der Waals surface area contributed by atoms with Crippen LogP contribution in [0.1, 0.15) is 48.8 Å². The monoisotopic (exact) mass is 585 g/mol. The van der Waals surface area contributed by atoms with E-state index >= 15 is 0 Å². The molecule has 10 nitrogen and oxygen atoms in total. The lowest BCUT2D eigenvalue weighted by atomic mass is 9.67. The zero-order valence-electron chi connectivity index (χ0n) is 22.7. The number of alkyl halides is 3. The minimum absolute atomic E-state index is 0.149. The number of piperidine rings is 1. The van der Waals surface area contributed by atoms with Crippen LogP contribution in [0.5, 0.6) is 0 Å². The van der Waals surface area contributed by atoms with E-state index in [-0.39, 0.29) is 44.7 Å². The van der Waals surface area contributed by atoms with E-state index in [1.807, 2.05) is 12.1 Å². The number of carbonyl (C=O) groups excluding carboxylic acids is 3. The number of carboxylic acid groups (broad SMARTS) is 1. The normalized spacial score (nSPS) is 23.9.